The molecule has 0 unspecified atom stereocenters. The fourth-order valence-corrected chi connectivity index (χ4v) is 0.771. The lowest BCUT2D eigenvalue weighted by molar-refractivity contribution is 0.292. The second kappa shape index (κ2) is 6.48. The zero-order valence-electron chi connectivity index (χ0n) is 6.75. The molecule has 0 atom stereocenters. The number of rotatable bonds is 5. The molecule has 0 aliphatic rings. The van der Waals surface area contributed by atoms with Crippen LogP contribution in [-0.4, -0.2) is 24.7 Å². The van der Waals surface area contributed by atoms with E-state index in [1.54, 1.807) is 0 Å². The minimum absolute atomic E-state index is 0.626. The molecule has 10 heavy (non-hydrogen) atoms. The quantitative estimate of drug-likeness (QED) is 0.355. The third-order valence-electron chi connectivity index (χ3n) is 1.33. The standard InChI is InChI=1S/C6H16N4/c1-3-5-10(4-2)6-8-9-7/h3-6H2,1-2H3,(H2,7,8). The first kappa shape index (κ1) is 9.36. The number of nitrogens with zero attached hydrogens (tertiary/aromatic N) is 3. The smallest absolute Gasteiger partial charge is 0.114 e. The first-order chi connectivity index (χ1) is 4.85. The molecular formula is C6H16N4. The monoisotopic (exact) mass is 144 g/mol. The summed E-state index contributed by atoms with van der Waals surface area (Å²) in [5, 5.41) is 6.88. The van der Waals surface area contributed by atoms with Crippen molar-refractivity contribution in [3.05, 3.63) is 0 Å². The van der Waals surface area contributed by atoms with Crippen LogP contribution in [0.1, 0.15) is 20.3 Å². The lowest BCUT2D eigenvalue weighted by Gasteiger charge is -2.14. The van der Waals surface area contributed by atoms with Gasteiger partial charge in [0.25, 0.3) is 0 Å². The SMILES string of the molecule is CCCN(CC)CN=NN. The molecule has 2 N–H and O–H groups in total. The Labute approximate surface area is 62.1 Å². The molecule has 0 radical (unpaired) electrons. The van der Waals surface area contributed by atoms with Crippen LogP contribution in [0, 0.1) is 0 Å². The molecule has 0 aliphatic heterocycles. The third kappa shape index (κ3) is 4.26. The van der Waals surface area contributed by atoms with Crippen LogP contribution in [0.2, 0.25) is 0 Å². The Morgan fingerprint density at radius 3 is 2.50 bits per heavy atom. The molecule has 4 heteroatoms. The van der Waals surface area contributed by atoms with Gasteiger partial charge in [-0.2, -0.15) is 5.11 Å². The average Bonchev–Trinajstić information content (AvgIpc) is 1.98. The predicted molar refractivity (Wildman–Crippen MR) is 41.4 cm³/mol. The van der Waals surface area contributed by atoms with E-state index in [4.69, 9.17) is 5.84 Å². The van der Waals surface area contributed by atoms with Gasteiger partial charge in [0.05, 0.1) is 0 Å². The lowest BCUT2D eigenvalue weighted by Crippen LogP contribution is -2.24. The largest absolute Gasteiger partial charge is 0.305 e. The summed E-state index contributed by atoms with van der Waals surface area (Å²) in [5.74, 6) is 4.86. The molecule has 0 fully saturated rings. The maximum atomic E-state index is 4.86. The van der Waals surface area contributed by atoms with Gasteiger partial charge in [0.2, 0.25) is 0 Å². The van der Waals surface area contributed by atoms with Crippen LogP contribution in [0.3, 0.4) is 0 Å². The van der Waals surface area contributed by atoms with E-state index < -0.39 is 0 Å². The highest BCUT2D eigenvalue weighted by Gasteiger charge is 1.96. The van der Waals surface area contributed by atoms with E-state index in [0.29, 0.717) is 6.67 Å². The zero-order chi connectivity index (χ0) is 7.82. The van der Waals surface area contributed by atoms with Crippen LogP contribution in [-0.2, 0) is 0 Å². The Balaban J connectivity index is 3.39. The van der Waals surface area contributed by atoms with Gasteiger partial charge in [0.15, 0.2) is 0 Å². The van der Waals surface area contributed by atoms with Crippen molar-refractivity contribution in [1.29, 1.82) is 0 Å². The van der Waals surface area contributed by atoms with Crippen molar-refractivity contribution in [3.8, 4) is 0 Å². The van der Waals surface area contributed by atoms with Crippen LogP contribution in [0.4, 0.5) is 0 Å². The normalized spacial score (nSPS) is 11.5. The summed E-state index contributed by atoms with van der Waals surface area (Å²) >= 11 is 0. The van der Waals surface area contributed by atoms with Gasteiger partial charge in [0, 0.05) is 0 Å². The van der Waals surface area contributed by atoms with E-state index >= 15 is 0 Å². The van der Waals surface area contributed by atoms with Crippen molar-refractivity contribution in [1.82, 2.24) is 4.90 Å². The average molecular weight is 144 g/mol. The molecule has 0 aromatic carbocycles. The van der Waals surface area contributed by atoms with E-state index in [0.717, 1.165) is 19.5 Å². The summed E-state index contributed by atoms with van der Waals surface area (Å²) in [5.41, 5.74) is 0. The lowest BCUT2D eigenvalue weighted by atomic mass is 10.4. The summed E-state index contributed by atoms with van der Waals surface area (Å²) < 4.78 is 0. The first-order valence-corrected chi connectivity index (χ1v) is 3.64. The first-order valence-electron chi connectivity index (χ1n) is 3.64. The van der Waals surface area contributed by atoms with Gasteiger partial charge in [0.1, 0.15) is 6.67 Å². The highest BCUT2D eigenvalue weighted by Crippen LogP contribution is 1.89. The van der Waals surface area contributed by atoms with Crippen LogP contribution < -0.4 is 5.84 Å². The molecule has 0 aromatic rings. The van der Waals surface area contributed by atoms with E-state index in [2.05, 4.69) is 29.1 Å². The Hall–Kier alpha value is -0.640. The molecule has 0 spiro atoms. The molecule has 0 bridgehead atoms. The van der Waals surface area contributed by atoms with E-state index in [1.165, 1.54) is 0 Å². The molecule has 4 nitrogen and oxygen atoms in total. The number of nitrogens with two attached hydrogens (primary N) is 1. The van der Waals surface area contributed by atoms with E-state index in [-0.39, 0.29) is 0 Å². The van der Waals surface area contributed by atoms with Gasteiger partial charge < -0.3 is 5.84 Å². The number of hydrogen-bond donors (Lipinski definition) is 1. The van der Waals surface area contributed by atoms with Crippen LogP contribution in [0.25, 0.3) is 0 Å². The Kier molecular flexibility index (Phi) is 6.06. The van der Waals surface area contributed by atoms with Crippen LogP contribution in [0.5, 0.6) is 0 Å². The van der Waals surface area contributed by atoms with Crippen molar-refractivity contribution >= 4 is 0 Å². The third-order valence-corrected chi connectivity index (χ3v) is 1.33. The molecule has 0 heterocycles. The molecule has 60 valence electrons. The zero-order valence-corrected chi connectivity index (χ0v) is 6.75. The van der Waals surface area contributed by atoms with Crippen molar-refractivity contribution in [2.75, 3.05) is 19.8 Å². The van der Waals surface area contributed by atoms with Crippen LogP contribution in [0.15, 0.2) is 10.3 Å². The van der Waals surface area contributed by atoms with Crippen LogP contribution >= 0.6 is 0 Å². The van der Waals surface area contributed by atoms with Gasteiger partial charge >= 0.3 is 0 Å². The molecule has 0 saturated carbocycles. The Bertz CT molecular complexity index is 91.7. The van der Waals surface area contributed by atoms with Crippen molar-refractivity contribution in [2.24, 2.45) is 16.2 Å². The molecule has 0 aliphatic carbocycles. The minimum Gasteiger partial charge on any atom is -0.305 e. The van der Waals surface area contributed by atoms with Crippen molar-refractivity contribution < 1.29 is 0 Å². The highest BCUT2D eigenvalue weighted by atomic mass is 15.4. The molecular weight excluding hydrogens is 128 g/mol. The summed E-state index contributed by atoms with van der Waals surface area (Å²) in [7, 11) is 0. The fourth-order valence-electron chi connectivity index (χ4n) is 0.771. The van der Waals surface area contributed by atoms with Gasteiger partial charge in [-0.1, -0.05) is 19.1 Å². The maximum Gasteiger partial charge on any atom is 0.114 e. The second-order valence-electron chi connectivity index (χ2n) is 2.11. The minimum atomic E-state index is 0.626. The number of hydrogen-bond acceptors (Lipinski definition) is 3. The second-order valence-corrected chi connectivity index (χ2v) is 2.11. The van der Waals surface area contributed by atoms with E-state index in [9.17, 15) is 0 Å². The van der Waals surface area contributed by atoms with E-state index in [1.807, 2.05) is 0 Å². The predicted octanol–water partition coefficient (Wildman–Crippen LogP) is 1.00. The Morgan fingerprint density at radius 1 is 1.40 bits per heavy atom. The van der Waals surface area contributed by atoms with Gasteiger partial charge in [-0.3, -0.25) is 4.90 Å². The summed E-state index contributed by atoms with van der Waals surface area (Å²) in [4.78, 5) is 2.18. The summed E-state index contributed by atoms with van der Waals surface area (Å²) in [6.07, 6.45) is 1.15. The summed E-state index contributed by atoms with van der Waals surface area (Å²) in [6.45, 7) is 6.94. The molecule has 0 amide bonds. The van der Waals surface area contributed by atoms with Gasteiger partial charge in [-0.25, -0.2) is 0 Å². The fraction of sp³-hybridized carbons (Fsp3) is 1.00. The van der Waals surface area contributed by atoms with Crippen molar-refractivity contribution in [2.45, 2.75) is 20.3 Å². The van der Waals surface area contributed by atoms with Gasteiger partial charge in [-0.05, 0) is 19.5 Å². The van der Waals surface area contributed by atoms with Crippen molar-refractivity contribution in [3.63, 3.8) is 0 Å². The maximum absolute atomic E-state index is 4.86. The molecule has 0 saturated heterocycles. The Morgan fingerprint density at radius 2 is 2.10 bits per heavy atom. The van der Waals surface area contributed by atoms with Gasteiger partial charge in [-0.15, -0.1) is 0 Å². The topological polar surface area (TPSA) is 54.0 Å². The molecule has 0 aromatic heterocycles. The molecule has 0 rings (SSSR count). The highest BCUT2D eigenvalue weighted by molar-refractivity contribution is 4.49. The summed E-state index contributed by atoms with van der Waals surface area (Å²) in [6, 6.07) is 0.